The van der Waals surface area contributed by atoms with Gasteiger partial charge in [0.25, 0.3) is 0 Å². The van der Waals surface area contributed by atoms with Crippen LogP contribution in [0.2, 0.25) is 0 Å². The first-order chi connectivity index (χ1) is 10.2. The fourth-order valence-electron chi connectivity index (χ4n) is 2.77. The second-order valence-corrected chi connectivity index (χ2v) is 6.57. The Morgan fingerprint density at radius 1 is 0.762 bits per heavy atom. The Hall–Kier alpha value is -0.370. The minimum absolute atomic E-state index is 0.0751. The van der Waals surface area contributed by atoms with Crippen LogP contribution in [0.25, 0.3) is 0 Å². The maximum Gasteiger partial charge on any atom is 0.129 e. The fraction of sp³-hybridized carbons (Fsp3) is 0.947. The lowest BCUT2D eigenvalue weighted by atomic mass is 10.0. The summed E-state index contributed by atoms with van der Waals surface area (Å²) in [6.45, 7) is 3.91. The van der Waals surface area contributed by atoms with Crippen molar-refractivity contribution in [1.29, 1.82) is 0 Å². The molecule has 0 spiro atoms. The predicted octanol–water partition coefficient (Wildman–Crippen LogP) is 5.81. The Bertz CT molecular complexity index is 226. The van der Waals surface area contributed by atoms with Crippen LogP contribution < -0.4 is 0 Å². The van der Waals surface area contributed by atoms with Crippen LogP contribution in [0, 0.1) is 0 Å². The normalized spacial score (nSPS) is 12.5. The van der Waals surface area contributed by atoms with E-state index in [1.165, 1.54) is 64.2 Å². The number of hydrogen-bond acceptors (Lipinski definition) is 2. The van der Waals surface area contributed by atoms with E-state index < -0.39 is 0 Å². The third kappa shape index (κ3) is 17.6. The first-order valence-corrected chi connectivity index (χ1v) is 9.34. The van der Waals surface area contributed by atoms with Crippen LogP contribution in [-0.2, 0) is 4.79 Å². The second-order valence-electron chi connectivity index (χ2n) is 6.57. The summed E-state index contributed by atoms with van der Waals surface area (Å²) in [5.74, 6) is 0.313. The monoisotopic (exact) mass is 298 g/mol. The van der Waals surface area contributed by atoms with Gasteiger partial charge in [-0.05, 0) is 26.2 Å². The fourth-order valence-corrected chi connectivity index (χ4v) is 2.77. The number of aliphatic hydroxyl groups is 1. The highest BCUT2D eigenvalue weighted by atomic mass is 16.3. The van der Waals surface area contributed by atoms with Gasteiger partial charge in [-0.3, -0.25) is 0 Å². The van der Waals surface area contributed by atoms with E-state index in [2.05, 4.69) is 6.92 Å². The predicted molar refractivity (Wildman–Crippen MR) is 91.6 cm³/mol. The summed E-state index contributed by atoms with van der Waals surface area (Å²) < 4.78 is 0. The van der Waals surface area contributed by atoms with Crippen LogP contribution in [0.5, 0.6) is 0 Å². The lowest BCUT2D eigenvalue weighted by Gasteiger charge is -2.10. The molecular formula is C19H38O2. The molecule has 0 aromatic carbocycles. The molecule has 126 valence electrons. The van der Waals surface area contributed by atoms with Crippen molar-refractivity contribution in [3.8, 4) is 0 Å². The van der Waals surface area contributed by atoms with Gasteiger partial charge in [-0.2, -0.15) is 0 Å². The number of carbonyl (C=O) groups is 1. The van der Waals surface area contributed by atoms with Crippen LogP contribution in [0.15, 0.2) is 0 Å². The average molecular weight is 299 g/mol. The Balaban J connectivity index is 3.15. The number of rotatable bonds is 16. The molecule has 0 aliphatic carbocycles. The van der Waals surface area contributed by atoms with Crippen LogP contribution in [0.4, 0.5) is 0 Å². The maximum absolute atomic E-state index is 10.8. The Morgan fingerprint density at radius 2 is 1.19 bits per heavy atom. The molecule has 0 aliphatic heterocycles. The molecule has 1 N–H and O–H groups in total. The highest BCUT2D eigenvalue weighted by Gasteiger charge is 2.03. The molecule has 0 saturated heterocycles. The van der Waals surface area contributed by atoms with Gasteiger partial charge in [0.15, 0.2) is 0 Å². The largest absolute Gasteiger partial charge is 0.393 e. The Labute approximate surface area is 132 Å². The number of hydrogen-bond donors (Lipinski definition) is 1. The molecule has 21 heavy (non-hydrogen) atoms. The standard InChI is InChI=1S/C19H38O2/c1-3-4-5-6-10-13-16-19(21)17-14-11-8-7-9-12-15-18(2)20/h19,21H,3-17H2,1-2H3. The zero-order valence-corrected chi connectivity index (χ0v) is 14.5. The van der Waals surface area contributed by atoms with Crippen molar-refractivity contribution < 1.29 is 9.90 Å². The van der Waals surface area contributed by atoms with Gasteiger partial charge in [-0.25, -0.2) is 0 Å². The number of Topliss-reactive ketones (excluding diaryl/α,β-unsaturated/α-hetero) is 1. The van der Waals surface area contributed by atoms with E-state index in [0.717, 1.165) is 32.1 Å². The molecule has 0 rings (SSSR count). The minimum Gasteiger partial charge on any atom is -0.393 e. The summed E-state index contributed by atoms with van der Waals surface area (Å²) in [6.07, 6.45) is 17.6. The molecule has 0 aromatic heterocycles. The van der Waals surface area contributed by atoms with Crippen LogP contribution >= 0.6 is 0 Å². The SMILES string of the molecule is CCCCCCCCC(O)CCCCCCCCC(C)=O. The van der Waals surface area contributed by atoms with Crippen LogP contribution in [0.3, 0.4) is 0 Å². The molecule has 2 heteroatoms. The van der Waals surface area contributed by atoms with Crippen molar-refractivity contribution >= 4 is 5.78 Å². The summed E-state index contributed by atoms with van der Waals surface area (Å²) in [5, 5.41) is 9.92. The van der Waals surface area contributed by atoms with Crippen molar-refractivity contribution in [3.63, 3.8) is 0 Å². The summed E-state index contributed by atoms with van der Waals surface area (Å²) in [6, 6.07) is 0. The number of aliphatic hydroxyl groups excluding tert-OH is 1. The van der Waals surface area contributed by atoms with Crippen molar-refractivity contribution in [2.45, 2.75) is 116 Å². The molecule has 0 aliphatic rings. The van der Waals surface area contributed by atoms with Gasteiger partial charge in [-0.1, -0.05) is 77.6 Å². The molecule has 1 atom stereocenters. The van der Waals surface area contributed by atoms with Gasteiger partial charge < -0.3 is 9.90 Å². The number of unbranched alkanes of at least 4 members (excludes halogenated alkanes) is 10. The lowest BCUT2D eigenvalue weighted by Crippen LogP contribution is -2.05. The third-order valence-electron chi connectivity index (χ3n) is 4.21. The maximum atomic E-state index is 10.8. The van der Waals surface area contributed by atoms with E-state index in [-0.39, 0.29) is 6.10 Å². The summed E-state index contributed by atoms with van der Waals surface area (Å²) >= 11 is 0. The topological polar surface area (TPSA) is 37.3 Å². The molecule has 1 unspecified atom stereocenters. The summed E-state index contributed by atoms with van der Waals surface area (Å²) in [4.78, 5) is 10.8. The Kier molecular flexibility index (Phi) is 15.7. The minimum atomic E-state index is -0.0751. The van der Waals surface area contributed by atoms with E-state index >= 15 is 0 Å². The van der Waals surface area contributed by atoms with Gasteiger partial charge in [0.2, 0.25) is 0 Å². The van der Waals surface area contributed by atoms with Crippen molar-refractivity contribution in [1.82, 2.24) is 0 Å². The smallest absolute Gasteiger partial charge is 0.129 e. The molecule has 2 nitrogen and oxygen atoms in total. The van der Waals surface area contributed by atoms with E-state index in [1.807, 2.05) is 0 Å². The van der Waals surface area contributed by atoms with Crippen molar-refractivity contribution in [2.24, 2.45) is 0 Å². The average Bonchev–Trinajstić information content (AvgIpc) is 2.45. The summed E-state index contributed by atoms with van der Waals surface area (Å²) in [5.41, 5.74) is 0. The lowest BCUT2D eigenvalue weighted by molar-refractivity contribution is -0.117. The van der Waals surface area contributed by atoms with Gasteiger partial charge >= 0.3 is 0 Å². The van der Waals surface area contributed by atoms with Crippen LogP contribution in [0.1, 0.15) is 110 Å². The highest BCUT2D eigenvalue weighted by Crippen LogP contribution is 2.14. The van der Waals surface area contributed by atoms with E-state index in [1.54, 1.807) is 6.92 Å². The van der Waals surface area contributed by atoms with Gasteiger partial charge in [0.05, 0.1) is 6.10 Å². The number of ketones is 1. The van der Waals surface area contributed by atoms with E-state index in [9.17, 15) is 9.90 Å². The zero-order valence-electron chi connectivity index (χ0n) is 14.5. The molecule has 0 heterocycles. The molecule has 0 amide bonds. The van der Waals surface area contributed by atoms with E-state index in [0.29, 0.717) is 5.78 Å². The van der Waals surface area contributed by atoms with Gasteiger partial charge in [0.1, 0.15) is 5.78 Å². The quantitative estimate of drug-likeness (QED) is 0.365. The first-order valence-electron chi connectivity index (χ1n) is 9.34. The van der Waals surface area contributed by atoms with Crippen molar-refractivity contribution in [2.75, 3.05) is 0 Å². The Morgan fingerprint density at radius 3 is 1.67 bits per heavy atom. The van der Waals surface area contributed by atoms with Gasteiger partial charge in [-0.15, -0.1) is 0 Å². The van der Waals surface area contributed by atoms with Crippen LogP contribution in [-0.4, -0.2) is 17.0 Å². The number of carbonyl (C=O) groups excluding carboxylic acids is 1. The molecule has 0 saturated carbocycles. The van der Waals surface area contributed by atoms with Crippen molar-refractivity contribution in [3.05, 3.63) is 0 Å². The highest BCUT2D eigenvalue weighted by molar-refractivity contribution is 5.75. The zero-order chi connectivity index (χ0) is 15.8. The first kappa shape index (κ1) is 20.6. The van der Waals surface area contributed by atoms with Gasteiger partial charge in [0, 0.05) is 6.42 Å². The molecule has 0 fully saturated rings. The molecule has 0 bridgehead atoms. The second kappa shape index (κ2) is 16.0. The summed E-state index contributed by atoms with van der Waals surface area (Å²) in [7, 11) is 0. The molecule has 0 radical (unpaired) electrons. The molecular weight excluding hydrogens is 260 g/mol. The van der Waals surface area contributed by atoms with E-state index in [4.69, 9.17) is 0 Å². The third-order valence-corrected chi connectivity index (χ3v) is 4.21. The molecule has 0 aromatic rings.